The number of amides is 1. The fourth-order valence-corrected chi connectivity index (χ4v) is 1.69. The standard InChI is InChI=1S/C12H17NO4/c1-3-4-5-6-11(14)13(2)10-8-17-7-9(10)12(15)16/h3-6,9-10H,7-8H2,1-2H3,(H,15,16). The van der Waals surface area contributed by atoms with Gasteiger partial charge in [0, 0.05) is 13.1 Å². The Bertz CT molecular complexity index is 348. The van der Waals surface area contributed by atoms with Crippen LogP contribution >= 0.6 is 0 Å². The number of carbonyl (C=O) groups is 2. The molecular formula is C12H17NO4. The molecule has 0 spiro atoms. The summed E-state index contributed by atoms with van der Waals surface area (Å²) >= 11 is 0. The third-order valence-electron chi connectivity index (χ3n) is 2.76. The van der Waals surface area contributed by atoms with Crippen LogP contribution in [0, 0.1) is 5.92 Å². The fourth-order valence-electron chi connectivity index (χ4n) is 1.69. The monoisotopic (exact) mass is 239 g/mol. The first-order valence-electron chi connectivity index (χ1n) is 5.44. The van der Waals surface area contributed by atoms with Gasteiger partial charge in [-0.05, 0) is 6.92 Å². The van der Waals surface area contributed by atoms with Gasteiger partial charge in [-0.15, -0.1) is 0 Å². The van der Waals surface area contributed by atoms with Crippen LogP contribution in [0.4, 0.5) is 0 Å². The van der Waals surface area contributed by atoms with Gasteiger partial charge >= 0.3 is 5.97 Å². The van der Waals surface area contributed by atoms with E-state index in [1.165, 1.54) is 11.0 Å². The average molecular weight is 239 g/mol. The summed E-state index contributed by atoms with van der Waals surface area (Å²) in [6.07, 6.45) is 6.59. The van der Waals surface area contributed by atoms with Crippen molar-refractivity contribution in [2.24, 2.45) is 5.92 Å². The molecule has 0 radical (unpaired) electrons. The van der Waals surface area contributed by atoms with Crippen molar-refractivity contribution in [3.05, 3.63) is 24.3 Å². The molecule has 1 aliphatic rings. The van der Waals surface area contributed by atoms with Crippen LogP contribution in [0.2, 0.25) is 0 Å². The molecule has 0 aliphatic carbocycles. The Labute approximate surface area is 100 Å². The summed E-state index contributed by atoms with van der Waals surface area (Å²) < 4.78 is 5.12. The molecule has 0 bridgehead atoms. The van der Waals surface area contributed by atoms with Crippen molar-refractivity contribution in [1.29, 1.82) is 0 Å². The molecule has 2 unspecified atom stereocenters. The minimum Gasteiger partial charge on any atom is -0.481 e. The summed E-state index contributed by atoms with van der Waals surface area (Å²) in [4.78, 5) is 24.1. The second kappa shape index (κ2) is 6.20. The molecule has 0 aromatic rings. The number of carbonyl (C=O) groups excluding carboxylic acids is 1. The number of nitrogens with zero attached hydrogens (tertiary/aromatic N) is 1. The number of ether oxygens (including phenoxy) is 1. The van der Waals surface area contributed by atoms with Gasteiger partial charge in [0.2, 0.25) is 5.91 Å². The molecular weight excluding hydrogens is 222 g/mol. The second-order valence-electron chi connectivity index (χ2n) is 3.88. The van der Waals surface area contributed by atoms with E-state index in [2.05, 4.69) is 0 Å². The number of rotatable bonds is 4. The Kier molecular flexibility index (Phi) is 4.90. The van der Waals surface area contributed by atoms with Gasteiger partial charge in [-0.25, -0.2) is 0 Å². The maximum Gasteiger partial charge on any atom is 0.311 e. The van der Waals surface area contributed by atoms with Gasteiger partial charge in [0.15, 0.2) is 0 Å². The van der Waals surface area contributed by atoms with E-state index in [0.717, 1.165) is 0 Å². The zero-order chi connectivity index (χ0) is 12.8. The first-order valence-corrected chi connectivity index (χ1v) is 5.44. The van der Waals surface area contributed by atoms with Crippen molar-refractivity contribution in [3.63, 3.8) is 0 Å². The molecule has 2 atom stereocenters. The smallest absolute Gasteiger partial charge is 0.311 e. The molecule has 1 rings (SSSR count). The van der Waals surface area contributed by atoms with Crippen LogP contribution in [0.25, 0.3) is 0 Å². The van der Waals surface area contributed by atoms with Crippen molar-refractivity contribution in [2.75, 3.05) is 20.3 Å². The molecule has 0 aromatic heterocycles. The third kappa shape index (κ3) is 3.42. The van der Waals surface area contributed by atoms with Gasteiger partial charge in [0.25, 0.3) is 0 Å². The molecule has 94 valence electrons. The Morgan fingerprint density at radius 2 is 2.06 bits per heavy atom. The van der Waals surface area contributed by atoms with Crippen molar-refractivity contribution >= 4 is 11.9 Å². The van der Waals surface area contributed by atoms with Crippen molar-refractivity contribution in [2.45, 2.75) is 13.0 Å². The van der Waals surface area contributed by atoms with E-state index in [4.69, 9.17) is 9.84 Å². The molecule has 5 heteroatoms. The van der Waals surface area contributed by atoms with E-state index in [-0.39, 0.29) is 19.1 Å². The normalized spacial score (nSPS) is 24.6. The molecule has 1 N–H and O–H groups in total. The van der Waals surface area contributed by atoms with Crippen LogP contribution in [-0.2, 0) is 14.3 Å². The number of carboxylic acids is 1. The van der Waals surface area contributed by atoms with Crippen LogP contribution in [0.1, 0.15) is 6.92 Å². The first-order chi connectivity index (χ1) is 8.07. The lowest BCUT2D eigenvalue weighted by Crippen LogP contribution is -2.43. The fraction of sp³-hybridized carbons (Fsp3) is 0.500. The molecule has 5 nitrogen and oxygen atoms in total. The summed E-state index contributed by atoms with van der Waals surface area (Å²) in [5.74, 6) is -1.78. The minimum absolute atomic E-state index is 0.163. The zero-order valence-electron chi connectivity index (χ0n) is 10.00. The first kappa shape index (κ1) is 13.4. The summed E-state index contributed by atoms with van der Waals surface area (Å²) in [7, 11) is 1.59. The SMILES string of the molecule is CC=CC=CC(=O)N(C)C1COCC1C(=O)O. The highest BCUT2D eigenvalue weighted by molar-refractivity contribution is 5.88. The maximum absolute atomic E-state index is 11.7. The Hall–Kier alpha value is -1.62. The number of likely N-dealkylation sites (N-methyl/N-ethyl adjacent to an activating group) is 1. The van der Waals surface area contributed by atoms with E-state index in [1.54, 1.807) is 19.2 Å². The lowest BCUT2D eigenvalue weighted by atomic mass is 10.0. The Morgan fingerprint density at radius 1 is 1.35 bits per heavy atom. The molecule has 1 heterocycles. The lowest BCUT2D eigenvalue weighted by molar-refractivity contribution is -0.143. The Morgan fingerprint density at radius 3 is 2.65 bits per heavy atom. The van der Waals surface area contributed by atoms with E-state index in [1.807, 2.05) is 13.0 Å². The highest BCUT2D eigenvalue weighted by Gasteiger charge is 2.37. The number of allylic oxidation sites excluding steroid dienone is 3. The summed E-state index contributed by atoms with van der Waals surface area (Å²) in [6, 6.07) is -0.393. The van der Waals surface area contributed by atoms with Gasteiger partial charge in [0.1, 0.15) is 5.92 Å². The number of aliphatic carboxylic acids is 1. The van der Waals surface area contributed by atoms with Gasteiger partial charge in [-0.1, -0.05) is 18.2 Å². The minimum atomic E-state index is -0.926. The second-order valence-corrected chi connectivity index (χ2v) is 3.88. The Balaban J connectivity index is 2.65. The quantitative estimate of drug-likeness (QED) is 0.578. The van der Waals surface area contributed by atoms with Crippen LogP contribution in [0.3, 0.4) is 0 Å². The van der Waals surface area contributed by atoms with Gasteiger partial charge in [-0.2, -0.15) is 0 Å². The summed E-state index contributed by atoms with van der Waals surface area (Å²) in [5, 5.41) is 8.98. The topological polar surface area (TPSA) is 66.8 Å². The summed E-state index contributed by atoms with van der Waals surface area (Å²) in [6.45, 7) is 2.29. The van der Waals surface area contributed by atoms with Crippen molar-refractivity contribution in [1.82, 2.24) is 4.90 Å². The number of hydrogen-bond donors (Lipinski definition) is 1. The van der Waals surface area contributed by atoms with Gasteiger partial charge in [0.05, 0.1) is 19.3 Å². The third-order valence-corrected chi connectivity index (χ3v) is 2.76. The van der Waals surface area contributed by atoms with E-state index in [0.29, 0.717) is 0 Å². The van der Waals surface area contributed by atoms with Crippen LogP contribution in [0.15, 0.2) is 24.3 Å². The molecule has 0 saturated carbocycles. The molecule has 1 amide bonds. The van der Waals surface area contributed by atoms with E-state index < -0.39 is 17.9 Å². The average Bonchev–Trinajstić information content (AvgIpc) is 2.77. The highest BCUT2D eigenvalue weighted by Crippen LogP contribution is 2.19. The van der Waals surface area contributed by atoms with Crippen LogP contribution in [-0.4, -0.2) is 48.2 Å². The van der Waals surface area contributed by atoms with Gasteiger partial charge < -0.3 is 14.7 Å². The van der Waals surface area contributed by atoms with Crippen LogP contribution < -0.4 is 0 Å². The molecule has 0 aromatic carbocycles. The van der Waals surface area contributed by atoms with E-state index in [9.17, 15) is 9.59 Å². The van der Waals surface area contributed by atoms with Crippen molar-refractivity contribution in [3.8, 4) is 0 Å². The molecule has 1 aliphatic heterocycles. The maximum atomic E-state index is 11.7. The zero-order valence-corrected chi connectivity index (χ0v) is 10.00. The lowest BCUT2D eigenvalue weighted by Gasteiger charge is -2.25. The number of carboxylic acid groups (broad SMARTS) is 1. The van der Waals surface area contributed by atoms with Crippen LogP contribution in [0.5, 0.6) is 0 Å². The highest BCUT2D eigenvalue weighted by atomic mass is 16.5. The van der Waals surface area contributed by atoms with Crippen molar-refractivity contribution < 1.29 is 19.4 Å². The number of hydrogen-bond acceptors (Lipinski definition) is 3. The predicted molar refractivity (Wildman–Crippen MR) is 62.5 cm³/mol. The molecule has 1 fully saturated rings. The van der Waals surface area contributed by atoms with E-state index >= 15 is 0 Å². The van der Waals surface area contributed by atoms with Gasteiger partial charge in [-0.3, -0.25) is 9.59 Å². The molecule has 17 heavy (non-hydrogen) atoms. The molecule has 1 saturated heterocycles. The predicted octanol–water partition coefficient (Wildman–Crippen LogP) is 0.677. The summed E-state index contributed by atoms with van der Waals surface area (Å²) in [5.41, 5.74) is 0. The largest absolute Gasteiger partial charge is 0.481 e.